The Morgan fingerprint density at radius 1 is 1.24 bits per heavy atom. The third-order valence-electron chi connectivity index (χ3n) is 2.73. The van der Waals surface area contributed by atoms with Crippen LogP contribution in [0.5, 0.6) is 0 Å². The third-order valence-corrected chi connectivity index (χ3v) is 2.73. The van der Waals surface area contributed by atoms with Gasteiger partial charge in [0.2, 0.25) is 6.41 Å². The number of amides is 2. The van der Waals surface area contributed by atoms with Crippen molar-refractivity contribution in [2.75, 3.05) is 25.0 Å². The van der Waals surface area contributed by atoms with E-state index in [-0.39, 0.29) is 5.91 Å². The lowest BCUT2D eigenvalue weighted by atomic mass is 10.1. The molecule has 92 valence electrons. The van der Waals surface area contributed by atoms with E-state index in [4.69, 9.17) is 0 Å². The summed E-state index contributed by atoms with van der Waals surface area (Å²) in [5, 5.41) is 0. The summed E-state index contributed by atoms with van der Waals surface area (Å²) in [6.07, 6.45) is 0.748. The Hall–Kier alpha value is -1.84. The summed E-state index contributed by atoms with van der Waals surface area (Å²) in [6.45, 7) is 4.97. The molecule has 0 aliphatic carbocycles. The van der Waals surface area contributed by atoms with E-state index in [1.54, 1.807) is 30.1 Å². The van der Waals surface area contributed by atoms with E-state index in [0.29, 0.717) is 24.3 Å². The molecular formula is C13H18N2O2. The number of carbonyl (C=O) groups is 2. The topological polar surface area (TPSA) is 40.6 Å². The summed E-state index contributed by atoms with van der Waals surface area (Å²) in [5.74, 6) is -0.0663. The van der Waals surface area contributed by atoms with Gasteiger partial charge in [-0.15, -0.1) is 0 Å². The van der Waals surface area contributed by atoms with Crippen LogP contribution >= 0.6 is 0 Å². The average molecular weight is 234 g/mol. The van der Waals surface area contributed by atoms with Crippen molar-refractivity contribution in [3.8, 4) is 0 Å². The van der Waals surface area contributed by atoms with Gasteiger partial charge >= 0.3 is 0 Å². The molecule has 0 aliphatic heterocycles. The quantitative estimate of drug-likeness (QED) is 0.728. The van der Waals surface area contributed by atoms with E-state index in [1.807, 2.05) is 19.9 Å². The van der Waals surface area contributed by atoms with Gasteiger partial charge in [0.25, 0.3) is 5.91 Å². The number of hydrogen-bond donors (Lipinski definition) is 0. The van der Waals surface area contributed by atoms with Crippen molar-refractivity contribution in [3.05, 3.63) is 29.8 Å². The van der Waals surface area contributed by atoms with Crippen molar-refractivity contribution in [1.82, 2.24) is 4.90 Å². The largest absolute Gasteiger partial charge is 0.342 e. The van der Waals surface area contributed by atoms with Gasteiger partial charge in [-0.1, -0.05) is 12.1 Å². The molecule has 1 aromatic rings. The number of rotatable bonds is 5. The average Bonchev–Trinajstić information content (AvgIpc) is 2.39. The molecule has 4 heteroatoms. The highest BCUT2D eigenvalue weighted by molar-refractivity contribution is 6.01. The van der Waals surface area contributed by atoms with Gasteiger partial charge in [-0.3, -0.25) is 9.59 Å². The minimum atomic E-state index is -0.0663. The predicted octanol–water partition coefficient (Wildman–Crippen LogP) is 1.76. The Balaban J connectivity index is 3.15. The van der Waals surface area contributed by atoms with Gasteiger partial charge in [0.05, 0.1) is 11.3 Å². The minimum Gasteiger partial charge on any atom is -0.342 e. The Morgan fingerprint density at radius 3 is 2.41 bits per heavy atom. The molecule has 0 saturated heterocycles. The zero-order chi connectivity index (χ0) is 12.8. The molecule has 0 saturated carbocycles. The maximum atomic E-state index is 12.1. The summed E-state index contributed by atoms with van der Waals surface area (Å²) < 4.78 is 0. The number of hydrogen-bond acceptors (Lipinski definition) is 2. The molecule has 17 heavy (non-hydrogen) atoms. The first kappa shape index (κ1) is 13.2. The fraction of sp³-hybridized carbons (Fsp3) is 0.385. The molecule has 0 radical (unpaired) electrons. The van der Waals surface area contributed by atoms with Gasteiger partial charge in [-0.25, -0.2) is 0 Å². The highest BCUT2D eigenvalue weighted by atomic mass is 16.2. The zero-order valence-corrected chi connectivity index (χ0v) is 10.5. The predicted molar refractivity (Wildman–Crippen MR) is 68.2 cm³/mol. The van der Waals surface area contributed by atoms with E-state index in [1.165, 1.54) is 4.90 Å². The fourth-order valence-corrected chi connectivity index (χ4v) is 1.56. The number of carbonyl (C=O) groups excluding carboxylic acids is 2. The first-order valence-electron chi connectivity index (χ1n) is 5.72. The summed E-state index contributed by atoms with van der Waals surface area (Å²) in [6, 6.07) is 7.16. The van der Waals surface area contributed by atoms with E-state index in [9.17, 15) is 9.59 Å². The molecule has 0 atom stereocenters. The van der Waals surface area contributed by atoms with Gasteiger partial charge in [-0.05, 0) is 26.0 Å². The second-order valence-electron chi connectivity index (χ2n) is 3.73. The van der Waals surface area contributed by atoms with Crippen LogP contribution in [-0.4, -0.2) is 37.4 Å². The molecule has 0 bridgehead atoms. The maximum Gasteiger partial charge on any atom is 0.255 e. The Morgan fingerprint density at radius 2 is 1.88 bits per heavy atom. The summed E-state index contributed by atoms with van der Waals surface area (Å²) >= 11 is 0. The minimum absolute atomic E-state index is 0.0663. The zero-order valence-electron chi connectivity index (χ0n) is 10.5. The molecule has 0 N–H and O–H groups in total. The van der Waals surface area contributed by atoms with Crippen molar-refractivity contribution in [2.24, 2.45) is 0 Å². The van der Waals surface area contributed by atoms with Crippen LogP contribution in [0.2, 0.25) is 0 Å². The number of nitrogens with zero attached hydrogens (tertiary/aromatic N) is 2. The normalized spacial score (nSPS) is 9.82. The van der Waals surface area contributed by atoms with E-state index < -0.39 is 0 Å². The standard InChI is InChI=1S/C13H18N2O2/c1-4-14(3)13(17)11-8-6-7-9-12(11)15(5-2)10-16/h6-10H,4-5H2,1-3H3. The van der Waals surface area contributed by atoms with Crippen LogP contribution in [0.25, 0.3) is 0 Å². The van der Waals surface area contributed by atoms with Gasteiger partial charge in [0.1, 0.15) is 0 Å². The lowest BCUT2D eigenvalue weighted by Gasteiger charge is -2.21. The van der Waals surface area contributed by atoms with Crippen molar-refractivity contribution < 1.29 is 9.59 Å². The van der Waals surface area contributed by atoms with Gasteiger partial charge in [-0.2, -0.15) is 0 Å². The van der Waals surface area contributed by atoms with E-state index in [2.05, 4.69) is 0 Å². The highest BCUT2D eigenvalue weighted by Crippen LogP contribution is 2.20. The molecule has 2 amide bonds. The number of para-hydroxylation sites is 1. The van der Waals surface area contributed by atoms with Crippen molar-refractivity contribution in [3.63, 3.8) is 0 Å². The molecule has 4 nitrogen and oxygen atoms in total. The first-order chi connectivity index (χ1) is 8.15. The first-order valence-corrected chi connectivity index (χ1v) is 5.72. The molecule has 0 aromatic heterocycles. The van der Waals surface area contributed by atoms with Gasteiger partial charge in [0.15, 0.2) is 0 Å². The van der Waals surface area contributed by atoms with Crippen LogP contribution in [0.15, 0.2) is 24.3 Å². The highest BCUT2D eigenvalue weighted by Gasteiger charge is 2.17. The smallest absolute Gasteiger partial charge is 0.255 e. The molecular weight excluding hydrogens is 216 g/mol. The number of anilines is 1. The molecule has 0 aliphatic rings. The molecule has 0 heterocycles. The Labute approximate surface area is 102 Å². The second kappa shape index (κ2) is 6.03. The lowest BCUT2D eigenvalue weighted by Crippen LogP contribution is -2.29. The lowest BCUT2D eigenvalue weighted by molar-refractivity contribution is -0.107. The molecule has 0 fully saturated rings. The van der Waals surface area contributed by atoms with Gasteiger partial charge in [0, 0.05) is 20.1 Å². The van der Waals surface area contributed by atoms with Crippen LogP contribution in [-0.2, 0) is 4.79 Å². The summed E-state index contributed by atoms with van der Waals surface area (Å²) in [7, 11) is 1.75. The van der Waals surface area contributed by atoms with Crippen molar-refractivity contribution in [1.29, 1.82) is 0 Å². The molecule has 0 unspecified atom stereocenters. The summed E-state index contributed by atoms with van der Waals surface area (Å²) in [5.41, 5.74) is 1.22. The van der Waals surface area contributed by atoms with Crippen LogP contribution < -0.4 is 4.90 Å². The number of benzene rings is 1. The fourth-order valence-electron chi connectivity index (χ4n) is 1.56. The summed E-state index contributed by atoms with van der Waals surface area (Å²) in [4.78, 5) is 26.2. The van der Waals surface area contributed by atoms with Gasteiger partial charge < -0.3 is 9.80 Å². The molecule has 0 spiro atoms. The van der Waals surface area contributed by atoms with Crippen molar-refractivity contribution >= 4 is 18.0 Å². The Bertz CT molecular complexity index is 404. The van der Waals surface area contributed by atoms with Crippen LogP contribution in [0.4, 0.5) is 5.69 Å². The molecule has 1 rings (SSSR count). The van der Waals surface area contributed by atoms with Crippen LogP contribution in [0.1, 0.15) is 24.2 Å². The monoisotopic (exact) mass is 234 g/mol. The Kier molecular flexibility index (Phi) is 4.69. The third kappa shape index (κ3) is 2.84. The van der Waals surface area contributed by atoms with E-state index in [0.717, 1.165) is 6.41 Å². The van der Waals surface area contributed by atoms with E-state index >= 15 is 0 Å². The second-order valence-corrected chi connectivity index (χ2v) is 3.73. The van der Waals surface area contributed by atoms with Crippen molar-refractivity contribution in [2.45, 2.75) is 13.8 Å². The van der Waals surface area contributed by atoms with Crippen LogP contribution in [0.3, 0.4) is 0 Å². The molecule has 1 aromatic carbocycles. The maximum absolute atomic E-state index is 12.1. The van der Waals surface area contributed by atoms with Crippen LogP contribution in [0, 0.1) is 0 Å². The SMILES string of the molecule is CCN(C)C(=O)c1ccccc1N(C=O)CC.